The van der Waals surface area contributed by atoms with Crippen LogP contribution in [-0.2, 0) is 11.3 Å². The van der Waals surface area contributed by atoms with E-state index in [0.29, 0.717) is 11.3 Å². The third kappa shape index (κ3) is 2.83. The Kier molecular flexibility index (Phi) is 3.81. The fourth-order valence-corrected chi connectivity index (χ4v) is 1.82. The van der Waals surface area contributed by atoms with Crippen LogP contribution in [0.3, 0.4) is 0 Å². The molecule has 1 aromatic heterocycles. The molecule has 1 heterocycles. The second-order valence-electron chi connectivity index (χ2n) is 4.25. The summed E-state index contributed by atoms with van der Waals surface area (Å²) in [6, 6.07) is 8.74. The van der Waals surface area contributed by atoms with E-state index in [4.69, 9.17) is 10.8 Å². The number of hydrogen-bond acceptors (Lipinski definition) is 4. The lowest BCUT2D eigenvalue weighted by Crippen LogP contribution is -2.40. The van der Waals surface area contributed by atoms with Crippen LogP contribution in [0.1, 0.15) is 0 Å². The Hall–Kier alpha value is -2.67. The summed E-state index contributed by atoms with van der Waals surface area (Å²) in [6.45, 7) is -0.227. The Balaban J connectivity index is 2.58. The van der Waals surface area contributed by atoms with E-state index in [1.165, 1.54) is 6.07 Å². The van der Waals surface area contributed by atoms with Gasteiger partial charge in [-0.3, -0.25) is 19.1 Å². The number of nitrogens with zero attached hydrogens (tertiary/aromatic N) is 1. The van der Waals surface area contributed by atoms with Crippen molar-refractivity contribution >= 4 is 5.97 Å². The average Bonchev–Trinajstić information content (AvgIpc) is 2.42. The predicted molar refractivity (Wildman–Crippen MR) is 72.4 cm³/mol. The number of H-pyrrole nitrogens is 1. The quantitative estimate of drug-likeness (QED) is 0.702. The Morgan fingerprint density at radius 3 is 2.55 bits per heavy atom. The number of aliphatic carboxylic acids is 1. The first kappa shape index (κ1) is 13.8. The Morgan fingerprint density at radius 2 is 1.95 bits per heavy atom. The van der Waals surface area contributed by atoms with Crippen LogP contribution >= 0.6 is 0 Å². The first-order chi connectivity index (χ1) is 9.49. The zero-order valence-electron chi connectivity index (χ0n) is 10.4. The second kappa shape index (κ2) is 5.54. The van der Waals surface area contributed by atoms with Gasteiger partial charge in [0.25, 0.3) is 5.56 Å². The standard InChI is InChI=1S/C13H13N3O4/c14-9(12(18)19)7-16-10(6-11(17)15-13(16)20)8-4-2-1-3-5-8/h1-6,9H,7,14H2,(H,18,19)(H,15,17,20)/t9-/m0/s1. The zero-order chi connectivity index (χ0) is 14.7. The summed E-state index contributed by atoms with van der Waals surface area (Å²) < 4.78 is 1.15. The molecule has 20 heavy (non-hydrogen) atoms. The highest BCUT2D eigenvalue weighted by molar-refractivity contribution is 5.73. The summed E-state index contributed by atoms with van der Waals surface area (Å²) in [4.78, 5) is 36.2. The molecule has 7 heteroatoms. The van der Waals surface area contributed by atoms with Crippen molar-refractivity contribution in [3.8, 4) is 11.3 Å². The minimum Gasteiger partial charge on any atom is -0.480 e. The molecule has 7 nitrogen and oxygen atoms in total. The molecule has 104 valence electrons. The van der Waals surface area contributed by atoms with Crippen molar-refractivity contribution in [1.82, 2.24) is 9.55 Å². The van der Waals surface area contributed by atoms with Crippen molar-refractivity contribution < 1.29 is 9.90 Å². The fraction of sp³-hybridized carbons (Fsp3) is 0.154. The summed E-state index contributed by atoms with van der Waals surface area (Å²) in [7, 11) is 0. The van der Waals surface area contributed by atoms with Gasteiger partial charge in [-0.25, -0.2) is 4.79 Å². The maximum atomic E-state index is 11.9. The number of nitrogens with two attached hydrogens (primary N) is 1. The zero-order valence-corrected chi connectivity index (χ0v) is 10.4. The van der Waals surface area contributed by atoms with E-state index < -0.39 is 23.3 Å². The molecule has 1 aromatic carbocycles. The number of hydrogen-bond donors (Lipinski definition) is 3. The molecule has 0 spiro atoms. The number of benzene rings is 1. The van der Waals surface area contributed by atoms with Crippen molar-refractivity contribution in [2.75, 3.05) is 0 Å². The van der Waals surface area contributed by atoms with E-state index in [1.54, 1.807) is 30.3 Å². The van der Waals surface area contributed by atoms with Gasteiger partial charge in [0, 0.05) is 6.07 Å². The Morgan fingerprint density at radius 1 is 1.30 bits per heavy atom. The highest BCUT2D eigenvalue weighted by Crippen LogP contribution is 2.15. The summed E-state index contributed by atoms with van der Waals surface area (Å²) in [5.74, 6) is -1.22. The molecular formula is C13H13N3O4. The smallest absolute Gasteiger partial charge is 0.328 e. The first-order valence-corrected chi connectivity index (χ1v) is 5.87. The minimum atomic E-state index is -1.24. The topological polar surface area (TPSA) is 118 Å². The largest absolute Gasteiger partial charge is 0.480 e. The normalized spacial score (nSPS) is 12.1. The van der Waals surface area contributed by atoms with Gasteiger partial charge in [0.05, 0.1) is 12.2 Å². The number of rotatable bonds is 4. The Bertz CT molecular complexity index is 733. The molecule has 2 aromatic rings. The molecule has 0 aliphatic heterocycles. The van der Waals surface area contributed by atoms with Crippen molar-refractivity contribution in [3.63, 3.8) is 0 Å². The second-order valence-corrected chi connectivity index (χ2v) is 4.25. The van der Waals surface area contributed by atoms with Crippen LogP contribution in [0.15, 0.2) is 46.0 Å². The molecule has 0 radical (unpaired) electrons. The number of nitrogens with one attached hydrogen (secondary N) is 1. The molecule has 0 saturated carbocycles. The average molecular weight is 275 g/mol. The summed E-state index contributed by atoms with van der Waals surface area (Å²) in [5.41, 5.74) is 5.18. The first-order valence-electron chi connectivity index (χ1n) is 5.87. The lowest BCUT2D eigenvalue weighted by molar-refractivity contribution is -0.138. The lowest BCUT2D eigenvalue weighted by Gasteiger charge is -2.14. The third-order valence-electron chi connectivity index (χ3n) is 2.80. The van der Waals surface area contributed by atoms with Crippen molar-refractivity contribution in [1.29, 1.82) is 0 Å². The number of aromatic amines is 1. The lowest BCUT2D eigenvalue weighted by atomic mass is 10.1. The molecule has 0 unspecified atom stereocenters. The monoisotopic (exact) mass is 275 g/mol. The van der Waals surface area contributed by atoms with Crippen LogP contribution in [0.25, 0.3) is 11.3 Å². The SMILES string of the molecule is N[C@@H](Cn1c(-c2ccccc2)cc(=O)[nH]c1=O)C(=O)O. The van der Waals surface area contributed by atoms with Crippen LogP contribution in [0.4, 0.5) is 0 Å². The van der Waals surface area contributed by atoms with Gasteiger partial charge in [0.1, 0.15) is 6.04 Å². The van der Waals surface area contributed by atoms with Gasteiger partial charge in [0.2, 0.25) is 0 Å². The molecule has 0 bridgehead atoms. The maximum Gasteiger partial charge on any atom is 0.328 e. The highest BCUT2D eigenvalue weighted by atomic mass is 16.4. The van der Waals surface area contributed by atoms with E-state index in [2.05, 4.69) is 4.98 Å². The van der Waals surface area contributed by atoms with Gasteiger partial charge in [-0.05, 0) is 5.56 Å². The van der Waals surface area contributed by atoms with Crippen molar-refractivity contribution in [2.45, 2.75) is 12.6 Å². The fourth-order valence-electron chi connectivity index (χ4n) is 1.82. The van der Waals surface area contributed by atoms with Crippen LogP contribution < -0.4 is 17.0 Å². The van der Waals surface area contributed by atoms with E-state index in [1.807, 2.05) is 0 Å². The van der Waals surface area contributed by atoms with Gasteiger partial charge in [-0.1, -0.05) is 30.3 Å². The van der Waals surface area contributed by atoms with Crippen molar-refractivity contribution in [3.05, 3.63) is 57.2 Å². The maximum absolute atomic E-state index is 11.9. The number of carboxylic acids is 1. The highest BCUT2D eigenvalue weighted by Gasteiger charge is 2.16. The Labute approximate surface area is 113 Å². The summed E-state index contributed by atoms with van der Waals surface area (Å²) in [5, 5.41) is 8.84. The number of carbonyl (C=O) groups is 1. The van der Waals surface area contributed by atoms with Crippen LogP contribution in [0.2, 0.25) is 0 Å². The van der Waals surface area contributed by atoms with E-state index in [0.717, 1.165) is 4.57 Å². The van der Waals surface area contributed by atoms with Gasteiger partial charge in [-0.15, -0.1) is 0 Å². The van der Waals surface area contributed by atoms with E-state index >= 15 is 0 Å². The number of carboxylic acid groups (broad SMARTS) is 1. The summed E-state index contributed by atoms with van der Waals surface area (Å²) in [6.07, 6.45) is 0. The summed E-state index contributed by atoms with van der Waals surface area (Å²) >= 11 is 0. The van der Waals surface area contributed by atoms with Gasteiger partial charge in [0.15, 0.2) is 0 Å². The molecule has 0 saturated heterocycles. The molecule has 0 amide bonds. The molecule has 1 atom stereocenters. The minimum absolute atomic E-state index is 0.227. The van der Waals surface area contributed by atoms with E-state index in [-0.39, 0.29) is 6.54 Å². The number of aromatic nitrogens is 2. The third-order valence-corrected chi connectivity index (χ3v) is 2.80. The van der Waals surface area contributed by atoms with E-state index in [9.17, 15) is 14.4 Å². The van der Waals surface area contributed by atoms with Crippen LogP contribution in [-0.4, -0.2) is 26.7 Å². The van der Waals surface area contributed by atoms with Crippen molar-refractivity contribution in [2.24, 2.45) is 5.73 Å². The molecule has 0 aliphatic carbocycles. The van der Waals surface area contributed by atoms with Gasteiger partial charge < -0.3 is 10.8 Å². The molecule has 4 N–H and O–H groups in total. The van der Waals surface area contributed by atoms with Gasteiger partial charge >= 0.3 is 11.7 Å². The van der Waals surface area contributed by atoms with Crippen LogP contribution in [0, 0.1) is 0 Å². The molecular weight excluding hydrogens is 262 g/mol. The molecule has 0 aliphatic rings. The molecule has 0 fully saturated rings. The predicted octanol–water partition coefficient (Wildman–Crippen LogP) is -0.384. The van der Waals surface area contributed by atoms with Gasteiger partial charge in [-0.2, -0.15) is 0 Å². The molecule has 2 rings (SSSR count). The van der Waals surface area contributed by atoms with Crippen LogP contribution in [0.5, 0.6) is 0 Å².